The summed E-state index contributed by atoms with van der Waals surface area (Å²) in [6.45, 7) is 11.7. The summed E-state index contributed by atoms with van der Waals surface area (Å²) in [6, 6.07) is 1.10. The van der Waals surface area contributed by atoms with Crippen LogP contribution in [0.25, 0.3) is 0 Å². The van der Waals surface area contributed by atoms with Crippen LogP contribution in [0.1, 0.15) is 52.9 Å². The zero-order chi connectivity index (χ0) is 15.9. The Morgan fingerprint density at radius 2 is 1.81 bits per heavy atom. The predicted octanol–water partition coefficient (Wildman–Crippen LogP) is 3.60. The second kappa shape index (κ2) is 14.3. The van der Waals surface area contributed by atoms with E-state index in [4.69, 9.17) is 13.6 Å². The molecule has 5 heteroatoms. The van der Waals surface area contributed by atoms with Gasteiger partial charge in [-0.1, -0.05) is 39.2 Å². The SMILES string of the molecule is C=CC(=O)OCCC(C)CCCCC[SiH](OCC)OCC. The van der Waals surface area contributed by atoms with Crippen LogP contribution >= 0.6 is 0 Å². The lowest BCUT2D eigenvalue weighted by Crippen LogP contribution is -2.22. The van der Waals surface area contributed by atoms with E-state index in [0.29, 0.717) is 12.5 Å². The minimum atomic E-state index is -1.40. The summed E-state index contributed by atoms with van der Waals surface area (Å²) in [5.41, 5.74) is 0. The van der Waals surface area contributed by atoms with Gasteiger partial charge in [-0.3, -0.25) is 0 Å². The number of unbranched alkanes of at least 4 members (excludes halogenated alkanes) is 2. The number of hydrogen-bond acceptors (Lipinski definition) is 4. The molecular formula is C16H32O4Si. The van der Waals surface area contributed by atoms with E-state index in [9.17, 15) is 4.79 Å². The van der Waals surface area contributed by atoms with Crippen molar-refractivity contribution in [2.45, 2.75) is 58.9 Å². The van der Waals surface area contributed by atoms with Gasteiger partial charge in [0, 0.05) is 19.3 Å². The normalized spacial score (nSPS) is 12.4. The molecule has 0 rings (SSSR count). The minimum Gasteiger partial charge on any atom is -0.463 e. The van der Waals surface area contributed by atoms with Crippen molar-refractivity contribution in [1.29, 1.82) is 0 Å². The standard InChI is InChI=1S/C16H32O4Si/c1-5-16(17)18-13-12-15(4)11-9-8-10-14-21(19-6-2)20-7-3/h5,15,21H,1,6-14H2,2-4H3. The van der Waals surface area contributed by atoms with Crippen LogP contribution < -0.4 is 0 Å². The lowest BCUT2D eigenvalue weighted by molar-refractivity contribution is -0.138. The largest absolute Gasteiger partial charge is 0.463 e. The van der Waals surface area contributed by atoms with Crippen molar-refractivity contribution in [1.82, 2.24) is 0 Å². The molecule has 1 unspecified atom stereocenters. The zero-order valence-electron chi connectivity index (χ0n) is 13.9. The van der Waals surface area contributed by atoms with Crippen molar-refractivity contribution >= 4 is 15.3 Å². The fourth-order valence-electron chi connectivity index (χ4n) is 2.13. The van der Waals surface area contributed by atoms with Gasteiger partial charge in [-0.05, 0) is 32.2 Å². The molecule has 0 aliphatic carbocycles. The van der Waals surface area contributed by atoms with Crippen molar-refractivity contribution in [3.05, 3.63) is 12.7 Å². The smallest absolute Gasteiger partial charge is 0.330 e. The van der Waals surface area contributed by atoms with E-state index < -0.39 is 9.28 Å². The Kier molecular flexibility index (Phi) is 13.8. The molecule has 0 fully saturated rings. The molecule has 0 spiro atoms. The van der Waals surface area contributed by atoms with Crippen molar-refractivity contribution in [3.63, 3.8) is 0 Å². The van der Waals surface area contributed by atoms with E-state index in [0.717, 1.165) is 25.7 Å². The van der Waals surface area contributed by atoms with Gasteiger partial charge >= 0.3 is 15.3 Å². The summed E-state index contributed by atoms with van der Waals surface area (Å²) >= 11 is 0. The molecule has 0 N–H and O–H groups in total. The van der Waals surface area contributed by atoms with E-state index in [-0.39, 0.29) is 5.97 Å². The Morgan fingerprint density at radius 3 is 2.38 bits per heavy atom. The van der Waals surface area contributed by atoms with Gasteiger partial charge in [-0.25, -0.2) is 4.79 Å². The predicted molar refractivity (Wildman–Crippen MR) is 88.6 cm³/mol. The maximum atomic E-state index is 10.9. The van der Waals surface area contributed by atoms with Gasteiger partial charge < -0.3 is 13.6 Å². The van der Waals surface area contributed by atoms with Gasteiger partial charge in [0.05, 0.1) is 6.61 Å². The molecular weight excluding hydrogens is 284 g/mol. The fourth-order valence-corrected chi connectivity index (χ4v) is 3.93. The average molecular weight is 317 g/mol. The second-order valence-corrected chi connectivity index (χ2v) is 7.35. The maximum absolute atomic E-state index is 10.9. The molecule has 0 aromatic rings. The van der Waals surface area contributed by atoms with Crippen LogP contribution in [0.3, 0.4) is 0 Å². The van der Waals surface area contributed by atoms with Crippen LogP contribution in [0, 0.1) is 5.92 Å². The van der Waals surface area contributed by atoms with Crippen LogP contribution in [0.4, 0.5) is 0 Å². The summed E-state index contributed by atoms with van der Waals surface area (Å²) < 4.78 is 16.3. The number of carbonyl (C=O) groups is 1. The topological polar surface area (TPSA) is 44.8 Å². The van der Waals surface area contributed by atoms with Gasteiger partial charge in [0.15, 0.2) is 0 Å². The second-order valence-electron chi connectivity index (χ2n) is 5.24. The Morgan fingerprint density at radius 1 is 1.14 bits per heavy atom. The quantitative estimate of drug-likeness (QED) is 0.213. The van der Waals surface area contributed by atoms with Crippen LogP contribution in [0.5, 0.6) is 0 Å². The van der Waals surface area contributed by atoms with Gasteiger partial charge in [0.2, 0.25) is 0 Å². The molecule has 124 valence electrons. The molecule has 0 aliphatic heterocycles. The van der Waals surface area contributed by atoms with Crippen LogP contribution in [-0.4, -0.2) is 35.1 Å². The summed E-state index contributed by atoms with van der Waals surface area (Å²) in [5, 5.41) is 0. The molecule has 1 atom stereocenters. The molecule has 0 saturated heterocycles. The van der Waals surface area contributed by atoms with E-state index in [1.807, 2.05) is 13.8 Å². The number of hydrogen-bond donors (Lipinski definition) is 0. The highest BCUT2D eigenvalue weighted by Gasteiger charge is 2.11. The fraction of sp³-hybridized carbons (Fsp3) is 0.812. The lowest BCUT2D eigenvalue weighted by Gasteiger charge is -2.15. The molecule has 4 nitrogen and oxygen atoms in total. The maximum Gasteiger partial charge on any atom is 0.330 e. The molecule has 21 heavy (non-hydrogen) atoms. The minimum absolute atomic E-state index is 0.329. The lowest BCUT2D eigenvalue weighted by atomic mass is 10.0. The van der Waals surface area contributed by atoms with Gasteiger partial charge in [0.1, 0.15) is 0 Å². The van der Waals surface area contributed by atoms with Crippen molar-refractivity contribution in [2.75, 3.05) is 19.8 Å². The Balaban J connectivity index is 3.51. The van der Waals surface area contributed by atoms with Crippen molar-refractivity contribution in [2.24, 2.45) is 5.92 Å². The molecule has 0 amide bonds. The first-order chi connectivity index (χ1) is 10.1. The molecule has 0 aliphatic rings. The number of rotatable bonds is 14. The zero-order valence-corrected chi connectivity index (χ0v) is 15.1. The first-order valence-electron chi connectivity index (χ1n) is 8.16. The van der Waals surface area contributed by atoms with E-state index in [2.05, 4.69) is 13.5 Å². The monoisotopic (exact) mass is 316 g/mol. The third-order valence-corrected chi connectivity index (χ3v) is 5.65. The van der Waals surface area contributed by atoms with Gasteiger partial charge in [-0.2, -0.15) is 0 Å². The summed E-state index contributed by atoms with van der Waals surface area (Å²) in [7, 11) is -1.40. The van der Waals surface area contributed by atoms with Gasteiger partial charge in [-0.15, -0.1) is 0 Å². The van der Waals surface area contributed by atoms with E-state index in [1.165, 1.54) is 31.8 Å². The van der Waals surface area contributed by atoms with E-state index >= 15 is 0 Å². The van der Waals surface area contributed by atoms with E-state index in [1.54, 1.807) is 0 Å². The number of ether oxygens (including phenoxy) is 1. The Labute approximate surface area is 131 Å². The van der Waals surface area contributed by atoms with Crippen LogP contribution in [0.2, 0.25) is 6.04 Å². The summed E-state index contributed by atoms with van der Waals surface area (Å²) in [6.07, 6.45) is 6.95. The molecule has 0 radical (unpaired) electrons. The van der Waals surface area contributed by atoms with Crippen LogP contribution in [0.15, 0.2) is 12.7 Å². The third kappa shape index (κ3) is 12.8. The van der Waals surface area contributed by atoms with Crippen LogP contribution in [-0.2, 0) is 18.4 Å². The third-order valence-electron chi connectivity index (χ3n) is 3.36. The van der Waals surface area contributed by atoms with Crippen molar-refractivity contribution in [3.8, 4) is 0 Å². The highest BCUT2D eigenvalue weighted by molar-refractivity contribution is 6.44. The molecule has 0 aromatic carbocycles. The highest BCUT2D eigenvalue weighted by atomic mass is 28.3. The molecule has 0 aromatic heterocycles. The summed E-state index contributed by atoms with van der Waals surface area (Å²) in [5.74, 6) is 0.263. The first kappa shape index (κ1) is 20.3. The molecule has 0 saturated carbocycles. The number of carbonyl (C=O) groups excluding carboxylic acids is 1. The summed E-state index contributed by atoms with van der Waals surface area (Å²) in [4.78, 5) is 10.9. The Hall–Kier alpha value is -0.653. The van der Waals surface area contributed by atoms with Gasteiger partial charge in [0.25, 0.3) is 0 Å². The molecule has 0 heterocycles. The molecule has 0 bridgehead atoms. The first-order valence-corrected chi connectivity index (χ1v) is 9.92. The Bertz CT molecular complexity index is 265. The average Bonchev–Trinajstić information content (AvgIpc) is 2.47. The van der Waals surface area contributed by atoms with Crippen molar-refractivity contribution < 1.29 is 18.4 Å². The highest BCUT2D eigenvalue weighted by Crippen LogP contribution is 2.15. The number of esters is 1.